The molecule has 1 fully saturated rings. The molecule has 1 heterocycles. The fourth-order valence-corrected chi connectivity index (χ4v) is 5.45. The molecule has 5 nitrogen and oxygen atoms in total. The first-order valence-corrected chi connectivity index (χ1v) is 11.9. The van der Waals surface area contributed by atoms with Crippen molar-refractivity contribution in [3.63, 3.8) is 0 Å². The van der Waals surface area contributed by atoms with E-state index in [2.05, 4.69) is 5.32 Å². The smallest absolute Gasteiger partial charge is 0.243 e. The molecule has 160 valence electrons. The lowest BCUT2D eigenvalue weighted by Gasteiger charge is -2.31. The highest BCUT2D eigenvalue weighted by atomic mass is 32.2. The van der Waals surface area contributed by atoms with Gasteiger partial charge in [0.1, 0.15) is 0 Å². The Balaban J connectivity index is 1.51. The zero-order valence-electron chi connectivity index (χ0n) is 17.5. The van der Waals surface area contributed by atoms with E-state index >= 15 is 0 Å². The van der Waals surface area contributed by atoms with E-state index in [0.29, 0.717) is 19.4 Å². The summed E-state index contributed by atoms with van der Waals surface area (Å²) in [6.45, 7) is 2.54. The summed E-state index contributed by atoms with van der Waals surface area (Å²) in [5.74, 6) is -0.537. The van der Waals surface area contributed by atoms with E-state index in [1.807, 2.05) is 61.5 Å². The summed E-state index contributed by atoms with van der Waals surface area (Å²) < 4.78 is 27.6. The molecule has 1 atom stereocenters. The van der Waals surface area contributed by atoms with Crippen LogP contribution in [0.4, 0.5) is 5.69 Å². The number of anilines is 1. The molecular formula is C25H26N2O3S. The maximum absolute atomic E-state index is 13.1. The quantitative estimate of drug-likeness (QED) is 0.633. The Labute approximate surface area is 183 Å². The van der Waals surface area contributed by atoms with Crippen LogP contribution in [0.1, 0.15) is 18.4 Å². The fraction of sp³-hybridized carbons (Fsp3) is 0.240. The third kappa shape index (κ3) is 4.70. The number of piperidine rings is 1. The van der Waals surface area contributed by atoms with Gasteiger partial charge in [0, 0.05) is 24.3 Å². The molecule has 0 aromatic heterocycles. The fourth-order valence-electron chi connectivity index (χ4n) is 3.93. The van der Waals surface area contributed by atoms with Crippen LogP contribution in [0, 0.1) is 12.8 Å². The molecule has 3 aromatic carbocycles. The van der Waals surface area contributed by atoms with Crippen LogP contribution in [0.25, 0.3) is 11.1 Å². The van der Waals surface area contributed by atoms with E-state index in [1.54, 1.807) is 24.3 Å². The van der Waals surface area contributed by atoms with Crippen LogP contribution in [0.15, 0.2) is 83.8 Å². The van der Waals surface area contributed by atoms with Crippen molar-refractivity contribution in [1.29, 1.82) is 0 Å². The maximum Gasteiger partial charge on any atom is 0.243 e. The molecule has 4 rings (SSSR count). The Morgan fingerprint density at radius 1 is 0.935 bits per heavy atom. The van der Waals surface area contributed by atoms with Crippen LogP contribution >= 0.6 is 0 Å². The predicted octanol–water partition coefficient (Wildman–Crippen LogP) is 4.70. The molecule has 1 aliphatic rings. The Hall–Kier alpha value is -2.96. The highest BCUT2D eigenvalue weighted by molar-refractivity contribution is 7.89. The molecule has 31 heavy (non-hydrogen) atoms. The van der Waals surface area contributed by atoms with Gasteiger partial charge >= 0.3 is 0 Å². The number of carbonyl (C=O) groups is 1. The number of amides is 1. The van der Waals surface area contributed by atoms with E-state index in [-0.39, 0.29) is 17.3 Å². The molecule has 1 N–H and O–H groups in total. The zero-order valence-corrected chi connectivity index (χ0v) is 18.3. The molecule has 1 aliphatic heterocycles. The number of nitrogens with zero attached hydrogens (tertiary/aromatic N) is 1. The van der Waals surface area contributed by atoms with Gasteiger partial charge < -0.3 is 5.32 Å². The monoisotopic (exact) mass is 434 g/mol. The van der Waals surface area contributed by atoms with Gasteiger partial charge in [-0.05, 0) is 43.5 Å². The average Bonchev–Trinajstić information content (AvgIpc) is 2.80. The normalized spacial score (nSPS) is 17.3. The van der Waals surface area contributed by atoms with Gasteiger partial charge in [-0.15, -0.1) is 0 Å². The highest BCUT2D eigenvalue weighted by Gasteiger charge is 2.33. The van der Waals surface area contributed by atoms with Crippen molar-refractivity contribution < 1.29 is 13.2 Å². The van der Waals surface area contributed by atoms with Crippen molar-refractivity contribution in [1.82, 2.24) is 4.31 Å². The number of hydrogen-bond acceptors (Lipinski definition) is 3. The van der Waals surface area contributed by atoms with Gasteiger partial charge in [-0.1, -0.05) is 66.2 Å². The maximum atomic E-state index is 13.1. The molecule has 0 unspecified atom stereocenters. The number of para-hydroxylation sites is 1. The van der Waals surface area contributed by atoms with E-state index in [9.17, 15) is 13.2 Å². The van der Waals surface area contributed by atoms with Gasteiger partial charge in [-0.25, -0.2) is 8.42 Å². The first kappa shape index (κ1) is 21.3. The summed E-state index contributed by atoms with van der Waals surface area (Å²) >= 11 is 0. The summed E-state index contributed by atoms with van der Waals surface area (Å²) in [5, 5.41) is 3.04. The molecular weight excluding hydrogens is 408 g/mol. The summed E-state index contributed by atoms with van der Waals surface area (Å²) in [7, 11) is -3.62. The largest absolute Gasteiger partial charge is 0.325 e. The van der Waals surface area contributed by atoms with E-state index in [0.717, 1.165) is 22.4 Å². The zero-order chi connectivity index (χ0) is 21.8. The lowest BCUT2D eigenvalue weighted by atomic mass is 9.98. The van der Waals surface area contributed by atoms with Gasteiger partial charge in [0.25, 0.3) is 0 Å². The van der Waals surface area contributed by atoms with Crippen LogP contribution in [0.3, 0.4) is 0 Å². The molecule has 1 amide bonds. The number of hydrogen-bond donors (Lipinski definition) is 1. The number of carbonyl (C=O) groups excluding carboxylic acids is 1. The lowest BCUT2D eigenvalue weighted by Crippen LogP contribution is -2.43. The first-order valence-electron chi connectivity index (χ1n) is 10.5. The number of rotatable bonds is 5. The molecule has 0 bridgehead atoms. The number of sulfonamides is 1. The van der Waals surface area contributed by atoms with Crippen molar-refractivity contribution in [3.05, 3.63) is 84.4 Å². The Kier molecular flexibility index (Phi) is 6.20. The third-order valence-corrected chi connectivity index (χ3v) is 7.56. The molecule has 0 aliphatic carbocycles. The van der Waals surface area contributed by atoms with Crippen LogP contribution in [0.5, 0.6) is 0 Å². The van der Waals surface area contributed by atoms with Crippen molar-refractivity contribution in [2.45, 2.75) is 24.7 Å². The van der Waals surface area contributed by atoms with Crippen molar-refractivity contribution in [3.8, 4) is 11.1 Å². The molecule has 6 heteroatoms. The van der Waals surface area contributed by atoms with Crippen molar-refractivity contribution in [2.75, 3.05) is 18.4 Å². The van der Waals surface area contributed by atoms with Gasteiger partial charge in [0.15, 0.2) is 0 Å². The van der Waals surface area contributed by atoms with E-state index in [1.165, 1.54) is 4.31 Å². The van der Waals surface area contributed by atoms with Gasteiger partial charge in [-0.3, -0.25) is 4.79 Å². The summed E-state index contributed by atoms with van der Waals surface area (Å²) in [6.07, 6.45) is 1.32. The Morgan fingerprint density at radius 2 is 1.61 bits per heavy atom. The van der Waals surface area contributed by atoms with Gasteiger partial charge in [0.05, 0.1) is 10.8 Å². The summed E-state index contributed by atoms with van der Waals surface area (Å²) in [4.78, 5) is 13.3. The number of nitrogens with one attached hydrogen (secondary N) is 1. The molecule has 0 spiro atoms. The Morgan fingerprint density at radius 3 is 2.35 bits per heavy atom. The minimum atomic E-state index is -3.62. The standard InChI is InChI=1S/C25H26N2O3S/c1-19-13-15-22(16-14-19)31(29,30)27-17-7-10-21(18-27)25(28)26-24-12-6-5-11-23(24)20-8-3-2-4-9-20/h2-6,8-9,11-16,21H,7,10,17-18H2,1H3,(H,26,28)/t21-/m0/s1. The van der Waals surface area contributed by atoms with Crippen LogP contribution in [0.2, 0.25) is 0 Å². The molecule has 1 saturated heterocycles. The predicted molar refractivity (Wildman–Crippen MR) is 123 cm³/mol. The van der Waals surface area contributed by atoms with E-state index < -0.39 is 15.9 Å². The van der Waals surface area contributed by atoms with Gasteiger partial charge in [-0.2, -0.15) is 4.31 Å². The Bertz CT molecular complexity index is 1160. The number of aryl methyl sites for hydroxylation is 1. The second-order valence-corrected chi connectivity index (χ2v) is 9.85. The summed E-state index contributed by atoms with van der Waals surface area (Å²) in [5.41, 5.74) is 3.70. The lowest BCUT2D eigenvalue weighted by molar-refractivity contribution is -0.120. The minimum absolute atomic E-state index is 0.146. The van der Waals surface area contributed by atoms with Crippen LogP contribution in [-0.4, -0.2) is 31.7 Å². The third-order valence-electron chi connectivity index (χ3n) is 5.68. The van der Waals surface area contributed by atoms with Gasteiger partial charge in [0.2, 0.25) is 15.9 Å². The molecule has 0 radical (unpaired) electrons. The van der Waals surface area contributed by atoms with Crippen LogP contribution in [-0.2, 0) is 14.8 Å². The number of benzene rings is 3. The second kappa shape index (κ2) is 9.04. The first-order chi connectivity index (χ1) is 14.9. The minimum Gasteiger partial charge on any atom is -0.325 e. The topological polar surface area (TPSA) is 66.5 Å². The summed E-state index contributed by atoms with van der Waals surface area (Å²) in [6, 6.07) is 24.4. The van der Waals surface area contributed by atoms with Crippen LogP contribution < -0.4 is 5.32 Å². The highest BCUT2D eigenvalue weighted by Crippen LogP contribution is 2.29. The van der Waals surface area contributed by atoms with Crippen molar-refractivity contribution >= 4 is 21.6 Å². The molecule has 3 aromatic rings. The van der Waals surface area contributed by atoms with Crippen molar-refractivity contribution in [2.24, 2.45) is 5.92 Å². The van der Waals surface area contributed by atoms with E-state index in [4.69, 9.17) is 0 Å². The average molecular weight is 435 g/mol. The molecule has 0 saturated carbocycles. The SMILES string of the molecule is Cc1ccc(S(=O)(=O)N2CCC[C@H](C(=O)Nc3ccccc3-c3ccccc3)C2)cc1. The second-order valence-electron chi connectivity index (χ2n) is 7.92.